The zero-order valence-corrected chi connectivity index (χ0v) is 9.69. The molecule has 0 N–H and O–H groups in total. The largest absolute Gasteiger partial charge is 0.419 e. The average Bonchev–Trinajstić information content (AvgIpc) is 2.87. The van der Waals surface area contributed by atoms with E-state index in [1.165, 1.54) is 0 Å². The van der Waals surface area contributed by atoms with Crippen LogP contribution in [0.4, 0.5) is 0 Å². The predicted octanol–water partition coefficient (Wildman–Crippen LogP) is 3.63. The van der Waals surface area contributed by atoms with Gasteiger partial charge in [0.05, 0.1) is 0 Å². The number of hydrogen-bond donors (Lipinski definition) is 0. The summed E-state index contributed by atoms with van der Waals surface area (Å²) in [5.74, 6) is 1.18. The summed E-state index contributed by atoms with van der Waals surface area (Å²) in [5.41, 5.74) is 0.937. The summed E-state index contributed by atoms with van der Waals surface area (Å²) in [7, 11) is 0. The van der Waals surface area contributed by atoms with Crippen molar-refractivity contribution in [3.05, 3.63) is 48.4 Å². The third-order valence-electron chi connectivity index (χ3n) is 2.60. The van der Waals surface area contributed by atoms with E-state index in [-0.39, 0.29) is 5.88 Å². The Balaban J connectivity index is 2.23. The van der Waals surface area contributed by atoms with E-state index in [1.807, 2.05) is 30.3 Å². The summed E-state index contributed by atoms with van der Waals surface area (Å²) >= 11 is 5.65. The van der Waals surface area contributed by atoms with Gasteiger partial charge in [-0.15, -0.1) is 21.8 Å². The molecule has 0 fully saturated rings. The van der Waals surface area contributed by atoms with Crippen molar-refractivity contribution < 1.29 is 4.42 Å². The van der Waals surface area contributed by atoms with Crippen LogP contribution < -0.4 is 0 Å². The van der Waals surface area contributed by atoms with Crippen LogP contribution in [0.1, 0.15) is 5.89 Å². The third-order valence-corrected chi connectivity index (χ3v) is 2.83. The summed E-state index contributed by atoms with van der Waals surface area (Å²) in [6, 6.07) is 14.1. The van der Waals surface area contributed by atoms with Crippen molar-refractivity contribution in [1.82, 2.24) is 10.2 Å². The minimum absolute atomic E-state index is 0.234. The molecule has 1 heterocycles. The van der Waals surface area contributed by atoms with Gasteiger partial charge in [0.1, 0.15) is 5.88 Å². The number of hydrogen-bond acceptors (Lipinski definition) is 3. The van der Waals surface area contributed by atoms with E-state index in [9.17, 15) is 0 Å². The van der Waals surface area contributed by atoms with Crippen molar-refractivity contribution in [1.29, 1.82) is 0 Å². The fourth-order valence-electron chi connectivity index (χ4n) is 1.83. The van der Waals surface area contributed by atoms with Crippen LogP contribution in [0, 0.1) is 0 Å². The number of benzene rings is 2. The van der Waals surface area contributed by atoms with Crippen molar-refractivity contribution in [3.63, 3.8) is 0 Å². The molecule has 0 aliphatic rings. The molecule has 1 aromatic heterocycles. The molecule has 0 aliphatic carbocycles. The Hall–Kier alpha value is -1.87. The zero-order valence-electron chi connectivity index (χ0n) is 8.93. The van der Waals surface area contributed by atoms with Crippen LogP contribution in [0.15, 0.2) is 46.9 Å². The third kappa shape index (κ3) is 1.78. The van der Waals surface area contributed by atoms with Crippen molar-refractivity contribution in [2.75, 3.05) is 0 Å². The Morgan fingerprint density at radius 2 is 1.82 bits per heavy atom. The van der Waals surface area contributed by atoms with Crippen LogP contribution in [0.2, 0.25) is 0 Å². The van der Waals surface area contributed by atoms with E-state index in [4.69, 9.17) is 16.0 Å². The fraction of sp³-hybridized carbons (Fsp3) is 0.0769. The van der Waals surface area contributed by atoms with Gasteiger partial charge < -0.3 is 4.42 Å². The first kappa shape index (κ1) is 10.3. The summed E-state index contributed by atoms with van der Waals surface area (Å²) in [5, 5.41) is 10.1. The number of rotatable bonds is 2. The van der Waals surface area contributed by atoms with Gasteiger partial charge in [0, 0.05) is 5.56 Å². The lowest BCUT2D eigenvalue weighted by atomic mass is 10.0. The lowest BCUT2D eigenvalue weighted by Crippen LogP contribution is -1.80. The summed E-state index contributed by atoms with van der Waals surface area (Å²) in [6.45, 7) is 0. The monoisotopic (exact) mass is 244 g/mol. The molecular formula is C13H9ClN2O. The van der Waals surface area contributed by atoms with E-state index in [2.05, 4.69) is 22.3 Å². The highest BCUT2D eigenvalue weighted by Crippen LogP contribution is 2.27. The first-order valence-electron chi connectivity index (χ1n) is 5.25. The maximum atomic E-state index is 5.65. The summed E-state index contributed by atoms with van der Waals surface area (Å²) < 4.78 is 5.47. The van der Waals surface area contributed by atoms with Gasteiger partial charge in [-0.05, 0) is 16.8 Å². The van der Waals surface area contributed by atoms with Crippen LogP contribution in [0.25, 0.3) is 22.2 Å². The highest BCUT2D eigenvalue weighted by atomic mass is 35.5. The molecule has 2 aromatic carbocycles. The first-order valence-corrected chi connectivity index (χ1v) is 5.78. The summed E-state index contributed by atoms with van der Waals surface area (Å²) in [6.07, 6.45) is 0. The Morgan fingerprint density at radius 1 is 1.00 bits per heavy atom. The zero-order chi connectivity index (χ0) is 11.7. The second kappa shape index (κ2) is 4.18. The molecule has 3 aromatic rings. The maximum Gasteiger partial charge on any atom is 0.248 e. The molecular weight excluding hydrogens is 236 g/mol. The normalized spacial score (nSPS) is 10.9. The van der Waals surface area contributed by atoms with Crippen LogP contribution in [0.5, 0.6) is 0 Å². The molecule has 0 saturated heterocycles. The second-order valence-electron chi connectivity index (χ2n) is 3.66. The molecule has 0 unspecified atom stereocenters. The minimum Gasteiger partial charge on any atom is -0.419 e. The lowest BCUT2D eigenvalue weighted by Gasteiger charge is -2.01. The highest BCUT2D eigenvalue weighted by Gasteiger charge is 2.10. The maximum absolute atomic E-state index is 5.65. The molecule has 3 rings (SSSR count). The number of fused-ring (bicyclic) bond motifs is 1. The molecule has 84 valence electrons. The van der Waals surface area contributed by atoms with Crippen molar-refractivity contribution >= 4 is 22.4 Å². The van der Waals surface area contributed by atoms with E-state index in [0.29, 0.717) is 11.8 Å². The summed E-state index contributed by atoms with van der Waals surface area (Å²) in [4.78, 5) is 0. The fourth-order valence-corrected chi connectivity index (χ4v) is 1.94. The molecule has 0 radical (unpaired) electrons. The van der Waals surface area contributed by atoms with Crippen LogP contribution >= 0.6 is 11.6 Å². The van der Waals surface area contributed by atoms with Gasteiger partial charge in [-0.2, -0.15) is 0 Å². The van der Waals surface area contributed by atoms with Gasteiger partial charge in [-0.3, -0.25) is 0 Å². The molecule has 0 aliphatic heterocycles. The Labute approximate surface area is 103 Å². The standard InChI is InChI=1S/C13H9ClN2O/c14-8-12-15-16-13(17-12)11-7-3-5-9-4-1-2-6-10(9)11/h1-7H,8H2. The van der Waals surface area contributed by atoms with E-state index in [1.54, 1.807) is 0 Å². The molecule has 0 saturated carbocycles. The lowest BCUT2D eigenvalue weighted by molar-refractivity contribution is 0.528. The van der Waals surface area contributed by atoms with Crippen LogP contribution in [0.3, 0.4) is 0 Å². The van der Waals surface area contributed by atoms with Gasteiger partial charge in [0.15, 0.2) is 0 Å². The first-order chi connectivity index (χ1) is 8.38. The van der Waals surface area contributed by atoms with Gasteiger partial charge in [0.25, 0.3) is 0 Å². The predicted molar refractivity (Wildman–Crippen MR) is 66.8 cm³/mol. The smallest absolute Gasteiger partial charge is 0.248 e. The Kier molecular flexibility index (Phi) is 2.53. The van der Waals surface area contributed by atoms with E-state index in [0.717, 1.165) is 16.3 Å². The van der Waals surface area contributed by atoms with Crippen molar-refractivity contribution in [3.8, 4) is 11.5 Å². The quantitative estimate of drug-likeness (QED) is 0.646. The van der Waals surface area contributed by atoms with Gasteiger partial charge in [-0.25, -0.2) is 0 Å². The number of aromatic nitrogens is 2. The molecule has 0 spiro atoms. The number of nitrogens with zero attached hydrogens (tertiary/aromatic N) is 2. The molecule has 4 heteroatoms. The molecule has 3 nitrogen and oxygen atoms in total. The Bertz CT molecular complexity index is 658. The highest BCUT2D eigenvalue weighted by molar-refractivity contribution is 6.16. The van der Waals surface area contributed by atoms with Gasteiger partial charge in [-0.1, -0.05) is 36.4 Å². The van der Waals surface area contributed by atoms with Crippen molar-refractivity contribution in [2.45, 2.75) is 5.88 Å². The van der Waals surface area contributed by atoms with Crippen LogP contribution in [-0.4, -0.2) is 10.2 Å². The molecule has 0 atom stereocenters. The van der Waals surface area contributed by atoms with E-state index >= 15 is 0 Å². The van der Waals surface area contributed by atoms with Crippen LogP contribution in [-0.2, 0) is 5.88 Å². The number of halogens is 1. The SMILES string of the molecule is ClCc1nnc(-c2cccc3ccccc23)o1. The van der Waals surface area contributed by atoms with E-state index < -0.39 is 0 Å². The Morgan fingerprint density at radius 3 is 2.65 bits per heavy atom. The molecule has 17 heavy (non-hydrogen) atoms. The minimum atomic E-state index is 0.234. The van der Waals surface area contributed by atoms with Crippen molar-refractivity contribution in [2.24, 2.45) is 0 Å². The second-order valence-corrected chi connectivity index (χ2v) is 3.93. The number of alkyl halides is 1. The van der Waals surface area contributed by atoms with Gasteiger partial charge >= 0.3 is 0 Å². The molecule has 0 amide bonds. The molecule has 0 bridgehead atoms. The average molecular weight is 245 g/mol. The van der Waals surface area contributed by atoms with Gasteiger partial charge in [0.2, 0.25) is 11.8 Å². The topological polar surface area (TPSA) is 38.9 Å².